The van der Waals surface area contributed by atoms with Gasteiger partial charge in [0.25, 0.3) is 0 Å². The first-order valence-electron chi connectivity index (χ1n) is 6.85. The number of furan rings is 1. The van der Waals surface area contributed by atoms with Gasteiger partial charge in [-0.2, -0.15) is 0 Å². The third kappa shape index (κ3) is 3.87. The van der Waals surface area contributed by atoms with Gasteiger partial charge >= 0.3 is 0 Å². The zero-order chi connectivity index (χ0) is 14.5. The number of halogens is 1. The highest BCUT2D eigenvalue weighted by molar-refractivity contribution is 9.10. The number of nitrogens with one attached hydrogen (secondary N) is 1. The monoisotopic (exact) mass is 336 g/mol. The van der Waals surface area contributed by atoms with Gasteiger partial charge in [0, 0.05) is 23.8 Å². The minimum Gasteiger partial charge on any atom is -0.464 e. The number of aryl methyl sites for hydroxylation is 1. The van der Waals surface area contributed by atoms with Crippen molar-refractivity contribution in [3.05, 3.63) is 51.9 Å². The second kappa shape index (κ2) is 6.95. The van der Waals surface area contributed by atoms with E-state index in [2.05, 4.69) is 58.3 Å². The van der Waals surface area contributed by atoms with Crippen LogP contribution < -0.4 is 10.2 Å². The molecule has 0 bridgehead atoms. The fraction of sp³-hybridized carbons (Fsp3) is 0.375. The molecular weight excluding hydrogens is 316 g/mol. The maximum atomic E-state index is 5.62. The average Bonchev–Trinajstić information content (AvgIpc) is 2.82. The fourth-order valence-corrected chi connectivity index (χ4v) is 2.58. The summed E-state index contributed by atoms with van der Waals surface area (Å²) in [4.78, 5) is 2.18. The molecule has 0 radical (unpaired) electrons. The van der Waals surface area contributed by atoms with Crippen molar-refractivity contribution in [2.45, 2.75) is 26.9 Å². The van der Waals surface area contributed by atoms with E-state index in [1.54, 1.807) is 0 Å². The highest BCUT2D eigenvalue weighted by Gasteiger charge is 2.07. The Kier molecular flexibility index (Phi) is 5.26. The Bertz CT molecular complexity index is 565. The van der Waals surface area contributed by atoms with Crippen LogP contribution >= 0.6 is 15.9 Å². The van der Waals surface area contributed by atoms with Crippen LogP contribution in [-0.4, -0.2) is 13.6 Å². The Morgan fingerprint density at radius 3 is 2.65 bits per heavy atom. The number of anilines is 1. The van der Waals surface area contributed by atoms with Crippen molar-refractivity contribution in [3.8, 4) is 0 Å². The zero-order valence-electron chi connectivity index (χ0n) is 12.2. The van der Waals surface area contributed by atoms with Gasteiger partial charge in [0.05, 0.1) is 6.54 Å². The Morgan fingerprint density at radius 2 is 2.05 bits per heavy atom. The van der Waals surface area contributed by atoms with Crippen LogP contribution in [0.4, 0.5) is 5.69 Å². The summed E-state index contributed by atoms with van der Waals surface area (Å²) in [6.07, 6.45) is 0. The van der Waals surface area contributed by atoms with Crippen molar-refractivity contribution in [1.29, 1.82) is 0 Å². The van der Waals surface area contributed by atoms with Gasteiger partial charge in [-0.05, 0) is 43.3 Å². The molecule has 4 heteroatoms. The molecule has 2 aromatic rings. The van der Waals surface area contributed by atoms with Crippen molar-refractivity contribution in [3.63, 3.8) is 0 Å². The van der Waals surface area contributed by atoms with E-state index in [9.17, 15) is 0 Å². The molecule has 1 aromatic carbocycles. The van der Waals surface area contributed by atoms with Crippen molar-refractivity contribution in [2.24, 2.45) is 0 Å². The lowest BCUT2D eigenvalue weighted by atomic mass is 10.2. The summed E-state index contributed by atoms with van der Waals surface area (Å²) in [5, 5.41) is 3.34. The van der Waals surface area contributed by atoms with Gasteiger partial charge in [0.1, 0.15) is 11.5 Å². The first-order chi connectivity index (χ1) is 9.60. The lowest BCUT2D eigenvalue weighted by Crippen LogP contribution is -2.16. The maximum absolute atomic E-state index is 5.62. The third-order valence-electron chi connectivity index (χ3n) is 3.23. The summed E-state index contributed by atoms with van der Waals surface area (Å²) >= 11 is 3.65. The van der Waals surface area contributed by atoms with Gasteiger partial charge in [-0.15, -0.1) is 0 Å². The van der Waals surface area contributed by atoms with Crippen LogP contribution in [0.25, 0.3) is 0 Å². The predicted octanol–water partition coefficient (Wildman–Crippen LogP) is 4.10. The molecule has 108 valence electrons. The minimum atomic E-state index is 0.771. The van der Waals surface area contributed by atoms with Crippen LogP contribution in [0.3, 0.4) is 0 Å². The molecule has 0 spiro atoms. The van der Waals surface area contributed by atoms with Gasteiger partial charge < -0.3 is 14.6 Å². The first-order valence-corrected chi connectivity index (χ1v) is 7.65. The molecule has 0 unspecified atom stereocenters. The smallest absolute Gasteiger partial charge is 0.123 e. The summed E-state index contributed by atoms with van der Waals surface area (Å²) in [6, 6.07) is 10.5. The Hall–Kier alpha value is -1.26. The van der Waals surface area contributed by atoms with E-state index < -0.39 is 0 Å². The summed E-state index contributed by atoms with van der Waals surface area (Å²) in [5.74, 6) is 1.94. The van der Waals surface area contributed by atoms with Crippen LogP contribution in [-0.2, 0) is 13.1 Å². The number of nitrogens with zero attached hydrogens (tertiary/aromatic N) is 1. The Balaban J connectivity index is 2.06. The molecule has 0 saturated heterocycles. The summed E-state index contributed by atoms with van der Waals surface area (Å²) in [7, 11) is 2.07. The van der Waals surface area contributed by atoms with E-state index in [4.69, 9.17) is 4.42 Å². The second-order valence-corrected chi connectivity index (χ2v) is 5.78. The predicted molar refractivity (Wildman–Crippen MR) is 87.1 cm³/mol. The highest BCUT2D eigenvalue weighted by atomic mass is 79.9. The van der Waals surface area contributed by atoms with Crippen LogP contribution in [0.2, 0.25) is 0 Å². The van der Waals surface area contributed by atoms with Gasteiger partial charge in [-0.25, -0.2) is 0 Å². The molecule has 2 rings (SSSR count). The lowest BCUT2D eigenvalue weighted by Gasteiger charge is -2.19. The Morgan fingerprint density at radius 1 is 1.25 bits per heavy atom. The molecule has 0 fully saturated rings. The minimum absolute atomic E-state index is 0.771. The van der Waals surface area contributed by atoms with Gasteiger partial charge in [-0.3, -0.25) is 0 Å². The van der Waals surface area contributed by atoms with Crippen LogP contribution in [0.1, 0.15) is 24.0 Å². The van der Waals surface area contributed by atoms with Crippen molar-refractivity contribution in [2.75, 3.05) is 18.5 Å². The Labute approximate surface area is 129 Å². The second-order valence-electron chi connectivity index (χ2n) is 4.92. The largest absolute Gasteiger partial charge is 0.464 e. The quantitative estimate of drug-likeness (QED) is 0.860. The standard InChI is InChI=1S/C16H21BrN2O/c1-4-18-10-13-6-7-14(9-16(13)17)19(3)11-15-8-5-12(2)20-15/h5-9,18H,4,10-11H2,1-3H3. The SMILES string of the molecule is CCNCc1ccc(N(C)Cc2ccc(C)o2)cc1Br. The van der Waals surface area contributed by atoms with Crippen LogP contribution in [0.15, 0.2) is 39.2 Å². The van der Waals surface area contributed by atoms with Crippen molar-refractivity contribution >= 4 is 21.6 Å². The van der Waals surface area contributed by atoms with E-state index in [0.717, 1.165) is 35.6 Å². The summed E-state index contributed by atoms with van der Waals surface area (Å²) < 4.78 is 6.76. The molecule has 3 nitrogen and oxygen atoms in total. The first kappa shape index (κ1) is 15.1. The van der Waals surface area contributed by atoms with Gasteiger partial charge in [0.2, 0.25) is 0 Å². The average molecular weight is 337 g/mol. The van der Waals surface area contributed by atoms with E-state index in [1.165, 1.54) is 11.3 Å². The van der Waals surface area contributed by atoms with Crippen molar-refractivity contribution in [1.82, 2.24) is 5.32 Å². The van der Waals surface area contributed by atoms with Gasteiger partial charge in [-0.1, -0.05) is 28.9 Å². The van der Waals surface area contributed by atoms with E-state index >= 15 is 0 Å². The van der Waals surface area contributed by atoms with Crippen LogP contribution in [0.5, 0.6) is 0 Å². The molecule has 0 aliphatic rings. The molecule has 0 atom stereocenters. The molecule has 1 N–H and O–H groups in total. The van der Waals surface area contributed by atoms with E-state index in [0.29, 0.717) is 0 Å². The molecule has 0 amide bonds. The fourth-order valence-electron chi connectivity index (χ4n) is 2.07. The number of hydrogen-bond acceptors (Lipinski definition) is 3. The molecule has 20 heavy (non-hydrogen) atoms. The summed E-state index contributed by atoms with van der Waals surface area (Å²) in [5.41, 5.74) is 2.45. The molecule has 0 aliphatic carbocycles. The molecule has 1 aromatic heterocycles. The highest BCUT2D eigenvalue weighted by Crippen LogP contribution is 2.25. The number of rotatable bonds is 6. The normalized spacial score (nSPS) is 10.8. The molecule has 0 aliphatic heterocycles. The van der Waals surface area contributed by atoms with E-state index in [-0.39, 0.29) is 0 Å². The zero-order valence-corrected chi connectivity index (χ0v) is 13.8. The van der Waals surface area contributed by atoms with E-state index in [1.807, 2.05) is 19.1 Å². The summed E-state index contributed by atoms with van der Waals surface area (Å²) in [6.45, 7) is 6.72. The van der Waals surface area contributed by atoms with Crippen molar-refractivity contribution < 1.29 is 4.42 Å². The molecular formula is C16H21BrN2O. The topological polar surface area (TPSA) is 28.4 Å². The lowest BCUT2D eigenvalue weighted by molar-refractivity contribution is 0.482. The maximum Gasteiger partial charge on any atom is 0.123 e. The molecule has 1 heterocycles. The molecule has 0 saturated carbocycles. The number of hydrogen-bond donors (Lipinski definition) is 1. The van der Waals surface area contributed by atoms with Crippen LogP contribution in [0, 0.1) is 6.92 Å². The third-order valence-corrected chi connectivity index (χ3v) is 3.97. The number of benzene rings is 1. The van der Waals surface area contributed by atoms with Gasteiger partial charge in [0.15, 0.2) is 0 Å².